The van der Waals surface area contributed by atoms with E-state index in [-0.39, 0.29) is 22.6 Å². The van der Waals surface area contributed by atoms with Gasteiger partial charge in [-0.3, -0.25) is 14.9 Å². The number of hydrazone groups is 1. The molecule has 9 heteroatoms. The van der Waals surface area contributed by atoms with Gasteiger partial charge in [-0.25, -0.2) is 5.43 Å². The normalized spacial score (nSPS) is 10.6. The van der Waals surface area contributed by atoms with E-state index in [4.69, 9.17) is 4.74 Å². The van der Waals surface area contributed by atoms with Gasteiger partial charge in [0.2, 0.25) is 0 Å². The number of aromatic hydroxyl groups is 1. The Hall–Kier alpha value is -2.94. The van der Waals surface area contributed by atoms with Crippen LogP contribution in [0.3, 0.4) is 0 Å². The summed E-state index contributed by atoms with van der Waals surface area (Å²) in [5.74, 6) is -0.316. The number of benzene rings is 2. The number of hydrogen-bond acceptors (Lipinski definition) is 6. The minimum atomic E-state index is -0.592. The predicted octanol–water partition coefficient (Wildman–Crippen LogP) is 3.23. The summed E-state index contributed by atoms with van der Waals surface area (Å²) in [5, 5.41) is 24.2. The Morgan fingerprint density at radius 1 is 1.40 bits per heavy atom. The number of rotatable bonds is 6. The van der Waals surface area contributed by atoms with E-state index in [1.54, 1.807) is 25.1 Å². The molecule has 2 aromatic rings. The molecule has 130 valence electrons. The van der Waals surface area contributed by atoms with Crippen LogP contribution in [0.4, 0.5) is 5.69 Å². The summed E-state index contributed by atoms with van der Waals surface area (Å²) in [6, 6.07) is 8.48. The van der Waals surface area contributed by atoms with Crippen molar-refractivity contribution in [1.29, 1.82) is 0 Å². The molecule has 0 bridgehead atoms. The molecule has 2 aromatic carbocycles. The lowest BCUT2D eigenvalue weighted by molar-refractivity contribution is -0.384. The summed E-state index contributed by atoms with van der Waals surface area (Å²) in [7, 11) is 0. The second-order valence-corrected chi connectivity index (χ2v) is 5.69. The van der Waals surface area contributed by atoms with E-state index in [1.165, 1.54) is 12.1 Å². The molecular weight excluding hydrogens is 394 g/mol. The van der Waals surface area contributed by atoms with Crippen LogP contribution >= 0.6 is 15.9 Å². The zero-order chi connectivity index (χ0) is 18.4. The number of amides is 1. The monoisotopic (exact) mass is 407 g/mol. The smallest absolute Gasteiger partial charge is 0.275 e. The third-order valence-electron chi connectivity index (χ3n) is 3.08. The van der Waals surface area contributed by atoms with Crippen LogP contribution in [0, 0.1) is 10.1 Å². The fourth-order valence-corrected chi connectivity index (χ4v) is 2.30. The number of nitrogens with one attached hydrogen (secondary N) is 1. The van der Waals surface area contributed by atoms with Crippen molar-refractivity contribution >= 4 is 33.7 Å². The van der Waals surface area contributed by atoms with Crippen molar-refractivity contribution in [3.05, 3.63) is 62.1 Å². The maximum atomic E-state index is 12.2. The van der Waals surface area contributed by atoms with Crippen molar-refractivity contribution < 1.29 is 19.6 Å². The first-order valence-corrected chi connectivity index (χ1v) is 7.94. The van der Waals surface area contributed by atoms with Crippen molar-refractivity contribution in [2.75, 3.05) is 6.61 Å². The van der Waals surface area contributed by atoms with Gasteiger partial charge in [0.05, 0.1) is 23.3 Å². The summed E-state index contributed by atoms with van der Waals surface area (Å²) < 4.78 is 6.09. The Bertz CT molecular complexity index is 839. The molecule has 0 aliphatic rings. The zero-order valence-corrected chi connectivity index (χ0v) is 14.7. The molecule has 0 saturated heterocycles. The summed E-state index contributed by atoms with van der Waals surface area (Å²) >= 11 is 3.28. The summed E-state index contributed by atoms with van der Waals surface area (Å²) in [5.41, 5.74) is 2.48. The van der Waals surface area contributed by atoms with Gasteiger partial charge in [-0.15, -0.1) is 0 Å². The third kappa shape index (κ3) is 4.77. The molecule has 0 radical (unpaired) electrons. The van der Waals surface area contributed by atoms with E-state index in [0.29, 0.717) is 16.8 Å². The molecule has 25 heavy (non-hydrogen) atoms. The van der Waals surface area contributed by atoms with Crippen LogP contribution in [-0.2, 0) is 0 Å². The van der Waals surface area contributed by atoms with Gasteiger partial charge in [0.25, 0.3) is 11.6 Å². The van der Waals surface area contributed by atoms with Crippen LogP contribution in [0.15, 0.2) is 46.0 Å². The van der Waals surface area contributed by atoms with Crippen LogP contribution in [0.1, 0.15) is 22.8 Å². The van der Waals surface area contributed by atoms with Crippen LogP contribution < -0.4 is 10.2 Å². The molecule has 0 aliphatic carbocycles. The molecule has 0 saturated carbocycles. The Kier molecular flexibility index (Phi) is 6.07. The van der Waals surface area contributed by atoms with Crippen molar-refractivity contribution in [1.82, 2.24) is 5.43 Å². The van der Waals surface area contributed by atoms with Gasteiger partial charge < -0.3 is 9.84 Å². The molecule has 0 atom stereocenters. The van der Waals surface area contributed by atoms with Gasteiger partial charge in [-0.05, 0) is 31.2 Å². The number of carbonyl (C=O) groups excluding carboxylic acids is 1. The number of nitro groups is 1. The summed E-state index contributed by atoms with van der Waals surface area (Å²) in [6.45, 7) is 2.19. The first-order chi connectivity index (χ1) is 11.9. The van der Waals surface area contributed by atoms with E-state index in [2.05, 4.69) is 26.5 Å². The number of carbonyl (C=O) groups is 1. The number of nitrogens with zero attached hydrogens (tertiary/aromatic N) is 2. The van der Waals surface area contributed by atoms with E-state index in [9.17, 15) is 20.0 Å². The molecule has 2 rings (SSSR count). The van der Waals surface area contributed by atoms with Gasteiger partial charge in [0.1, 0.15) is 11.5 Å². The second-order valence-electron chi connectivity index (χ2n) is 4.77. The minimum Gasteiger partial charge on any atom is -0.507 e. The molecule has 1 amide bonds. The predicted molar refractivity (Wildman–Crippen MR) is 95.1 cm³/mol. The first-order valence-electron chi connectivity index (χ1n) is 7.15. The number of halogens is 1. The van der Waals surface area contributed by atoms with Crippen LogP contribution in [0.25, 0.3) is 0 Å². The fourth-order valence-electron chi connectivity index (χ4n) is 1.94. The Morgan fingerprint density at radius 2 is 2.16 bits per heavy atom. The first kappa shape index (κ1) is 18.4. The maximum absolute atomic E-state index is 12.2. The van der Waals surface area contributed by atoms with E-state index in [1.807, 2.05) is 0 Å². The summed E-state index contributed by atoms with van der Waals surface area (Å²) in [6.07, 6.45) is 1.12. The number of hydrogen-bond donors (Lipinski definition) is 2. The van der Waals surface area contributed by atoms with Gasteiger partial charge in [0, 0.05) is 22.2 Å². The third-order valence-corrected chi connectivity index (χ3v) is 3.57. The molecule has 0 unspecified atom stereocenters. The number of non-ortho nitro benzene ring substituents is 1. The molecule has 0 aromatic heterocycles. The van der Waals surface area contributed by atoms with Crippen molar-refractivity contribution in [2.24, 2.45) is 5.10 Å². The molecule has 0 spiro atoms. The number of phenols is 1. The molecule has 2 N–H and O–H groups in total. The van der Waals surface area contributed by atoms with Gasteiger partial charge in [-0.2, -0.15) is 5.10 Å². The largest absolute Gasteiger partial charge is 0.507 e. The average molecular weight is 408 g/mol. The van der Waals surface area contributed by atoms with Gasteiger partial charge >= 0.3 is 0 Å². The van der Waals surface area contributed by atoms with Crippen molar-refractivity contribution in [3.63, 3.8) is 0 Å². The molecule has 0 fully saturated rings. The van der Waals surface area contributed by atoms with Crippen LogP contribution in [-0.4, -0.2) is 28.8 Å². The SMILES string of the molecule is CCOc1ccc(Br)cc1C(=O)N/N=C/c1cc([N+](=O)[O-])ccc1O. The molecular formula is C16H14BrN3O5. The Labute approximate surface area is 151 Å². The zero-order valence-electron chi connectivity index (χ0n) is 13.1. The highest BCUT2D eigenvalue weighted by Gasteiger charge is 2.13. The summed E-state index contributed by atoms with van der Waals surface area (Å²) in [4.78, 5) is 22.4. The lowest BCUT2D eigenvalue weighted by atomic mass is 10.2. The highest BCUT2D eigenvalue weighted by molar-refractivity contribution is 9.10. The van der Waals surface area contributed by atoms with E-state index >= 15 is 0 Å². The van der Waals surface area contributed by atoms with Crippen LogP contribution in [0.5, 0.6) is 11.5 Å². The number of ether oxygens (including phenoxy) is 1. The fraction of sp³-hybridized carbons (Fsp3) is 0.125. The van der Waals surface area contributed by atoms with E-state index < -0.39 is 10.8 Å². The minimum absolute atomic E-state index is 0.105. The van der Waals surface area contributed by atoms with Gasteiger partial charge in [0.15, 0.2) is 0 Å². The van der Waals surface area contributed by atoms with Crippen molar-refractivity contribution in [2.45, 2.75) is 6.92 Å². The highest BCUT2D eigenvalue weighted by atomic mass is 79.9. The van der Waals surface area contributed by atoms with Gasteiger partial charge in [-0.1, -0.05) is 15.9 Å². The van der Waals surface area contributed by atoms with Crippen molar-refractivity contribution in [3.8, 4) is 11.5 Å². The lowest BCUT2D eigenvalue weighted by Gasteiger charge is -2.09. The number of nitro benzene ring substituents is 1. The Morgan fingerprint density at radius 3 is 2.84 bits per heavy atom. The highest BCUT2D eigenvalue weighted by Crippen LogP contribution is 2.24. The topological polar surface area (TPSA) is 114 Å². The molecule has 8 nitrogen and oxygen atoms in total. The average Bonchev–Trinajstić information content (AvgIpc) is 2.58. The molecule has 0 aliphatic heterocycles. The van der Waals surface area contributed by atoms with E-state index in [0.717, 1.165) is 12.3 Å². The second kappa shape index (κ2) is 8.25. The maximum Gasteiger partial charge on any atom is 0.275 e. The standard InChI is InChI=1S/C16H14BrN3O5/c1-2-25-15-6-3-11(17)8-13(15)16(22)19-18-9-10-7-12(20(23)24)4-5-14(10)21/h3-9,21H,2H2,1H3,(H,19,22)/b18-9+. The Balaban J connectivity index is 2.17. The quantitative estimate of drug-likeness (QED) is 0.433. The number of phenolic OH excluding ortho intramolecular Hbond substituents is 1. The molecule has 0 heterocycles. The lowest BCUT2D eigenvalue weighted by Crippen LogP contribution is -2.18. The van der Waals surface area contributed by atoms with Crippen LogP contribution in [0.2, 0.25) is 0 Å².